The van der Waals surface area contributed by atoms with E-state index in [4.69, 9.17) is 0 Å². The molecule has 0 bridgehead atoms. The van der Waals surface area contributed by atoms with Crippen LogP contribution in [0.4, 0.5) is 0 Å². The normalized spacial score (nSPS) is 11.6. The van der Waals surface area contributed by atoms with E-state index in [1.807, 2.05) is 0 Å². The molecule has 0 aromatic heterocycles. The van der Waals surface area contributed by atoms with Gasteiger partial charge in [0.15, 0.2) is 0 Å². The Morgan fingerprint density at radius 1 is 1.58 bits per heavy atom. The average Bonchev–Trinajstić information content (AvgIpc) is 2.04. The van der Waals surface area contributed by atoms with Crippen LogP contribution in [0.1, 0.15) is 13.8 Å². The van der Waals surface area contributed by atoms with Gasteiger partial charge >= 0.3 is 5.97 Å². The molecule has 0 saturated carbocycles. The van der Waals surface area contributed by atoms with Gasteiger partial charge in [-0.3, -0.25) is 0 Å². The van der Waals surface area contributed by atoms with Crippen LogP contribution in [-0.4, -0.2) is 25.4 Å². The molecule has 0 rings (SSSR count). The molecule has 0 atom stereocenters. The number of nitrogens with one attached hydrogen (secondary N) is 1. The van der Waals surface area contributed by atoms with Crippen LogP contribution in [0.25, 0.3) is 0 Å². The summed E-state index contributed by atoms with van der Waals surface area (Å²) in [7, 11) is 3.07. The van der Waals surface area contributed by atoms with Crippen LogP contribution in [0, 0.1) is 0 Å². The van der Waals surface area contributed by atoms with Crippen molar-refractivity contribution in [2.75, 3.05) is 14.2 Å². The second-order valence-corrected chi connectivity index (χ2v) is 3.91. The van der Waals surface area contributed by atoms with Crippen molar-refractivity contribution in [3.63, 3.8) is 0 Å². The Kier molecular flexibility index (Phi) is 5.62. The van der Waals surface area contributed by atoms with Gasteiger partial charge in [-0.05, 0) is 0 Å². The fourth-order valence-electron chi connectivity index (χ4n) is 0.523. The Bertz CT molecular complexity index is 178. The molecule has 1 N–H and O–H groups in total. The second-order valence-electron chi connectivity index (χ2n) is 2.46. The highest BCUT2D eigenvalue weighted by Crippen LogP contribution is 2.12. The monoisotopic (exact) mass is 189 g/mol. The first-order valence-corrected chi connectivity index (χ1v) is 4.67. The number of thioether (sulfide) groups is 1. The van der Waals surface area contributed by atoms with Gasteiger partial charge in [0, 0.05) is 17.7 Å². The Morgan fingerprint density at radius 2 is 2.17 bits per heavy atom. The van der Waals surface area contributed by atoms with E-state index < -0.39 is 0 Å². The van der Waals surface area contributed by atoms with Crippen LogP contribution >= 0.6 is 11.8 Å². The average molecular weight is 189 g/mol. The minimum atomic E-state index is -0.328. The summed E-state index contributed by atoms with van der Waals surface area (Å²) < 4.78 is 4.55. The summed E-state index contributed by atoms with van der Waals surface area (Å²) in [4.78, 5) is 11.0. The van der Waals surface area contributed by atoms with E-state index >= 15 is 0 Å². The number of rotatable bonds is 4. The SMILES string of the molecule is CN/C(=C\SC(C)C)C(=O)OC. The highest BCUT2D eigenvalue weighted by atomic mass is 32.2. The molecular formula is C8H15NO2S. The first-order valence-electron chi connectivity index (χ1n) is 3.73. The number of methoxy groups -OCH3 is 1. The molecule has 0 aromatic carbocycles. The van der Waals surface area contributed by atoms with Crippen LogP contribution in [0.15, 0.2) is 11.1 Å². The summed E-state index contributed by atoms with van der Waals surface area (Å²) in [6.07, 6.45) is 0. The summed E-state index contributed by atoms with van der Waals surface area (Å²) in [5.74, 6) is -0.328. The maximum absolute atomic E-state index is 11.0. The maximum Gasteiger partial charge on any atom is 0.354 e. The molecule has 0 aliphatic rings. The third kappa shape index (κ3) is 4.28. The van der Waals surface area contributed by atoms with E-state index in [1.165, 1.54) is 7.11 Å². The Hall–Kier alpha value is -0.640. The van der Waals surface area contributed by atoms with E-state index in [9.17, 15) is 4.79 Å². The summed E-state index contributed by atoms with van der Waals surface area (Å²) >= 11 is 1.58. The van der Waals surface area contributed by atoms with Crippen molar-refractivity contribution in [2.24, 2.45) is 0 Å². The summed E-state index contributed by atoms with van der Waals surface area (Å²) in [6, 6.07) is 0. The van der Waals surface area contributed by atoms with E-state index in [-0.39, 0.29) is 5.97 Å². The molecule has 0 radical (unpaired) electrons. The topological polar surface area (TPSA) is 38.3 Å². The van der Waals surface area contributed by atoms with Crippen molar-refractivity contribution in [1.29, 1.82) is 0 Å². The molecule has 0 aromatic rings. The predicted octanol–water partition coefficient (Wildman–Crippen LogP) is 1.36. The van der Waals surface area contributed by atoms with Crippen molar-refractivity contribution in [3.05, 3.63) is 11.1 Å². The van der Waals surface area contributed by atoms with E-state index in [1.54, 1.807) is 24.2 Å². The number of esters is 1. The van der Waals surface area contributed by atoms with Gasteiger partial charge in [-0.25, -0.2) is 4.79 Å². The van der Waals surface area contributed by atoms with Gasteiger partial charge < -0.3 is 10.1 Å². The van der Waals surface area contributed by atoms with Crippen molar-refractivity contribution >= 4 is 17.7 Å². The molecule has 0 spiro atoms. The quantitative estimate of drug-likeness (QED) is 0.535. The lowest BCUT2D eigenvalue weighted by atomic mass is 10.5. The van der Waals surface area contributed by atoms with Gasteiger partial charge in [-0.2, -0.15) is 0 Å². The molecule has 3 nitrogen and oxygen atoms in total. The fraction of sp³-hybridized carbons (Fsp3) is 0.625. The van der Waals surface area contributed by atoms with Crippen molar-refractivity contribution in [2.45, 2.75) is 19.1 Å². The fourth-order valence-corrected chi connectivity index (χ4v) is 1.15. The zero-order valence-electron chi connectivity index (χ0n) is 7.88. The third-order valence-corrected chi connectivity index (χ3v) is 2.05. The van der Waals surface area contributed by atoms with Gasteiger partial charge in [-0.15, -0.1) is 11.8 Å². The Morgan fingerprint density at radius 3 is 2.50 bits per heavy atom. The smallest absolute Gasteiger partial charge is 0.354 e. The molecule has 0 heterocycles. The highest BCUT2D eigenvalue weighted by molar-refractivity contribution is 8.02. The second kappa shape index (κ2) is 5.94. The highest BCUT2D eigenvalue weighted by Gasteiger charge is 2.06. The molecule has 12 heavy (non-hydrogen) atoms. The summed E-state index contributed by atoms with van der Waals surface area (Å²) in [5.41, 5.74) is 0.496. The number of ether oxygens (including phenoxy) is 1. The molecule has 0 amide bonds. The van der Waals surface area contributed by atoms with Crippen LogP contribution in [0.3, 0.4) is 0 Å². The first-order chi connectivity index (χ1) is 5.61. The minimum Gasteiger partial charge on any atom is -0.464 e. The zero-order valence-corrected chi connectivity index (χ0v) is 8.70. The minimum absolute atomic E-state index is 0.328. The van der Waals surface area contributed by atoms with Crippen LogP contribution < -0.4 is 5.32 Å². The van der Waals surface area contributed by atoms with E-state index in [0.717, 1.165) is 0 Å². The van der Waals surface area contributed by atoms with Crippen molar-refractivity contribution < 1.29 is 9.53 Å². The molecule has 70 valence electrons. The van der Waals surface area contributed by atoms with Gasteiger partial charge in [0.25, 0.3) is 0 Å². The number of carbonyl (C=O) groups is 1. The lowest BCUT2D eigenvalue weighted by Gasteiger charge is -2.04. The number of hydrogen-bond acceptors (Lipinski definition) is 4. The van der Waals surface area contributed by atoms with Gasteiger partial charge in [0.1, 0.15) is 5.70 Å². The van der Waals surface area contributed by atoms with Gasteiger partial charge in [0.05, 0.1) is 7.11 Å². The van der Waals surface area contributed by atoms with E-state index in [0.29, 0.717) is 10.9 Å². The largest absolute Gasteiger partial charge is 0.464 e. The van der Waals surface area contributed by atoms with Crippen LogP contribution in [-0.2, 0) is 9.53 Å². The lowest BCUT2D eigenvalue weighted by Crippen LogP contribution is -2.17. The zero-order chi connectivity index (χ0) is 9.56. The Balaban J connectivity index is 4.13. The molecular weight excluding hydrogens is 174 g/mol. The summed E-state index contributed by atoms with van der Waals surface area (Å²) in [6.45, 7) is 4.12. The molecule has 4 heteroatoms. The molecule has 0 aliphatic heterocycles. The van der Waals surface area contributed by atoms with Crippen molar-refractivity contribution in [3.8, 4) is 0 Å². The molecule has 0 fully saturated rings. The lowest BCUT2D eigenvalue weighted by molar-refractivity contribution is -0.136. The van der Waals surface area contributed by atoms with Crippen molar-refractivity contribution in [1.82, 2.24) is 5.32 Å². The van der Waals surface area contributed by atoms with E-state index in [2.05, 4.69) is 23.9 Å². The number of carbonyl (C=O) groups excluding carboxylic acids is 1. The van der Waals surface area contributed by atoms with Gasteiger partial charge in [0.2, 0.25) is 0 Å². The number of hydrogen-bond donors (Lipinski definition) is 1. The van der Waals surface area contributed by atoms with Crippen LogP contribution in [0.2, 0.25) is 0 Å². The predicted molar refractivity (Wildman–Crippen MR) is 51.9 cm³/mol. The number of likely N-dealkylation sites (N-methyl/N-ethyl adjacent to an activating group) is 1. The van der Waals surface area contributed by atoms with Gasteiger partial charge in [-0.1, -0.05) is 13.8 Å². The molecule has 0 unspecified atom stereocenters. The molecule has 0 saturated heterocycles. The standard InChI is InChI=1S/C8H15NO2S/c1-6(2)12-5-7(9-3)8(10)11-4/h5-6,9H,1-4H3/b7-5-. The Labute approximate surface area is 77.6 Å². The van der Waals surface area contributed by atoms with Crippen LogP contribution in [0.5, 0.6) is 0 Å². The first kappa shape index (κ1) is 11.4. The third-order valence-electron chi connectivity index (χ3n) is 1.13. The molecule has 0 aliphatic carbocycles. The summed E-state index contributed by atoms with van der Waals surface area (Å²) in [5, 5.41) is 5.02. The maximum atomic E-state index is 11.0.